The van der Waals surface area contributed by atoms with E-state index in [1.54, 1.807) is 0 Å². The Morgan fingerprint density at radius 2 is 1.84 bits per heavy atom. The van der Waals surface area contributed by atoms with Crippen LogP contribution < -0.4 is 4.90 Å². The highest BCUT2D eigenvalue weighted by atomic mass is 15.2. The third-order valence-electron chi connectivity index (χ3n) is 7.60. The molecule has 1 N–H and O–H groups in total. The van der Waals surface area contributed by atoms with Crippen molar-refractivity contribution in [2.75, 3.05) is 19.0 Å². The molecule has 0 saturated heterocycles. The van der Waals surface area contributed by atoms with E-state index in [4.69, 9.17) is 9.98 Å². The van der Waals surface area contributed by atoms with Crippen molar-refractivity contribution in [1.82, 2.24) is 20.2 Å². The van der Waals surface area contributed by atoms with Gasteiger partial charge in [-0.25, -0.2) is 4.98 Å². The number of H-pyrrole nitrogens is 1. The second kappa shape index (κ2) is 9.86. The lowest BCUT2D eigenvalue weighted by Gasteiger charge is -2.25. The van der Waals surface area contributed by atoms with Crippen molar-refractivity contribution in [3.05, 3.63) is 90.0 Å². The minimum Gasteiger partial charge on any atom is -0.378 e. The number of hydrogen-bond acceptors (Lipinski definition) is 5. The Hall–Kier alpha value is -4.32. The van der Waals surface area contributed by atoms with Gasteiger partial charge < -0.3 is 4.90 Å². The quantitative estimate of drug-likeness (QED) is 0.272. The van der Waals surface area contributed by atoms with Gasteiger partial charge in [0.2, 0.25) is 0 Å². The molecule has 1 unspecified atom stereocenters. The normalized spacial score (nSPS) is 14.8. The Balaban J connectivity index is 1.47. The summed E-state index contributed by atoms with van der Waals surface area (Å²) in [5, 5.41) is 8.87. The number of rotatable bonds is 6. The van der Waals surface area contributed by atoms with E-state index in [2.05, 4.69) is 96.6 Å². The number of nitrogens with one attached hydrogen (secondary N) is 1. The van der Waals surface area contributed by atoms with E-state index in [1.807, 2.05) is 24.7 Å². The fourth-order valence-corrected chi connectivity index (χ4v) is 5.40. The van der Waals surface area contributed by atoms with Gasteiger partial charge in [-0.05, 0) is 71.8 Å². The van der Waals surface area contributed by atoms with Crippen LogP contribution in [0, 0.1) is 5.92 Å². The van der Waals surface area contributed by atoms with Crippen LogP contribution in [0.2, 0.25) is 0 Å². The van der Waals surface area contributed by atoms with Gasteiger partial charge >= 0.3 is 0 Å². The third-order valence-corrected chi connectivity index (χ3v) is 7.60. The third kappa shape index (κ3) is 4.26. The zero-order chi connectivity index (χ0) is 26.2. The van der Waals surface area contributed by atoms with Crippen molar-refractivity contribution in [2.24, 2.45) is 10.9 Å². The standard InChI is InChI=1S/C32H32N6/c1-5-20-13-23(15-25(14-20)38(3)4)24-17-28-31(36-37-32(28)34-19-24)30-21(6-2)16-27-26(10-7-11-29(27)35-30)22-9-8-12-33-18-22/h7-15,17-19,21H,5-6,16H2,1-4H3,(H,34,36,37). The highest BCUT2D eigenvalue weighted by Crippen LogP contribution is 2.39. The Morgan fingerprint density at radius 3 is 2.61 bits per heavy atom. The first kappa shape index (κ1) is 24.0. The number of benzene rings is 2. The lowest BCUT2D eigenvalue weighted by atomic mass is 9.83. The molecule has 1 atom stereocenters. The predicted molar refractivity (Wildman–Crippen MR) is 156 cm³/mol. The monoisotopic (exact) mass is 500 g/mol. The van der Waals surface area contributed by atoms with Crippen LogP contribution in [0.15, 0.2) is 78.2 Å². The van der Waals surface area contributed by atoms with Crippen LogP contribution in [0.3, 0.4) is 0 Å². The van der Waals surface area contributed by atoms with Crippen LogP contribution in [-0.4, -0.2) is 40.0 Å². The molecule has 190 valence electrons. The van der Waals surface area contributed by atoms with Crippen molar-refractivity contribution in [2.45, 2.75) is 33.1 Å². The molecule has 2 aromatic carbocycles. The number of aromatic nitrogens is 4. The number of pyridine rings is 2. The highest BCUT2D eigenvalue weighted by molar-refractivity contribution is 6.12. The molecule has 0 bridgehead atoms. The summed E-state index contributed by atoms with van der Waals surface area (Å²) < 4.78 is 0. The van der Waals surface area contributed by atoms with Gasteiger partial charge in [-0.15, -0.1) is 0 Å². The topological polar surface area (TPSA) is 70.1 Å². The molecular weight excluding hydrogens is 468 g/mol. The Morgan fingerprint density at radius 1 is 0.947 bits per heavy atom. The first-order chi connectivity index (χ1) is 18.6. The second-order valence-corrected chi connectivity index (χ2v) is 10.2. The maximum Gasteiger partial charge on any atom is 0.181 e. The van der Waals surface area contributed by atoms with Gasteiger partial charge in [-0.3, -0.25) is 15.1 Å². The molecule has 0 amide bonds. The van der Waals surface area contributed by atoms with E-state index < -0.39 is 0 Å². The van der Waals surface area contributed by atoms with E-state index >= 15 is 0 Å². The fraction of sp³-hybridized carbons (Fsp3) is 0.250. The summed E-state index contributed by atoms with van der Waals surface area (Å²) in [6.07, 6.45) is 8.57. The Labute approximate surface area is 223 Å². The molecule has 0 fully saturated rings. The number of aliphatic imine (C=N–C) groups is 1. The average Bonchev–Trinajstić information content (AvgIpc) is 3.39. The molecule has 3 aromatic heterocycles. The molecule has 6 rings (SSSR count). The zero-order valence-corrected chi connectivity index (χ0v) is 22.4. The molecule has 0 radical (unpaired) electrons. The summed E-state index contributed by atoms with van der Waals surface area (Å²) in [4.78, 5) is 16.5. The van der Waals surface area contributed by atoms with Crippen molar-refractivity contribution in [3.8, 4) is 22.3 Å². The van der Waals surface area contributed by atoms with Gasteiger partial charge in [0.05, 0.1) is 17.1 Å². The number of aromatic amines is 1. The zero-order valence-electron chi connectivity index (χ0n) is 22.4. The Bertz CT molecular complexity index is 1650. The molecule has 6 nitrogen and oxygen atoms in total. The van der Waals surface area contributed by atoms with Crippen molar-refractivity contribution < 1.29 is 0 Å². The van der Waals surface area contributed by atoms with Gasteiger partial charge in [-0.2, -0.15) is 5.10 Å². The molecule has 0 saturated carbocycles. The molecule has 4 heterocycles. The number of anilines is 1. The van der Waals surface area contributed by atoms with E-state index in [0.29, 0.717) is 0 Å². The minimum atomic E-state index is 0.274. The molecular formula is C32H32N6. The van der Waals surface area contributed by atoms with E-state index in [1.165, 1.54) is 27.9 Å². The number of hydrogen-bond donors (Lipinski definition) is 1. The number of nitrogens with zero attached hydrogens (tertiary/aromatic N) is 5. The SMILES string of the molecule is CCc1cc(-c2cnc3n[nH]c(C4=Nc5cccc(-c6cccnc6)c5CC4CC)c3c2)cc(N(C)C)c1. The lowest BCUT2D eigenvalue weighted by molar-refractivity contribution is 0.653. The van der Waals surface area contributed by atoms with Gasteiger partial charge in [0.1, 0.15) is 0 Å². The number of fused-ring (bicyclic) bond motifs is 2. The van der Waals surface area contributed by atoms with Crippen LogP contribution in [0.25, 0.3) is 33.3 Å². The first-order valence-electron chi connectivity index (χ1n) is 13.3. The van der Waals surface area contributed by atoms with Crippen LogP contribution in [0.4, 0.5) is 11.4 Å². The van der Waals surface area contributed by atoms with E-state index in [0.717, 1.165) is 58.5 Å². The molecule has 6 heteroatoms. The fourth-order valence-electron chi connectivity index (χ4n) is 5.40. The molecule has 1 aliphatic rings. The molecule has 1 aliphatic heterocycles. The van der Waals surface area contributed by atoms with Crippen LogP contribution >= 0.6 is 0 Å². The van der Waals surface area contributed by atoms with Crippen LogP contribution in [0.5, 0.6) is 0 Å². The minimum absolute atomic E-state index is 0.274. The van der Waals surface area contributed by atoms with Crippen molar-refractivity contribution in [3.63, 3.8) is 0 Å². The summed E-state index contributed by atoms with van der Waals surface area (Å²) >= 11 is 0. The summed E-state index contributed by atoms with van der Waals surface area (Å²) in [6, 6.07) is 19.4. The maximum absolute atomic E-state index is 5.23. The van der Waals surface area contributed by atoms with Crippen LogP contribution in [0.1, 0.15) is 37.1 Å². The molecule has 0 spiro atoms. The van der Waals surface area contributed by atoms with Gasteiger partial charge in [0, 0.05) is 60.8 Å². The smallest absolute Gasteiger partial charge is 0.181 e. The van der Waals surface area contributed by atoms with Gasteiger partial charge in [0.25, 0.3) is 0 Å². The van der Waals surface area contributed by atoms with Gasteiger partial charge in [0.15, 0.2) is 5.65 Å². The summed E-state index contributed by atoms with van der Waals surface area (Å²) in [6.45, 7) is 4.43. The first-order valence-corrected chi connectivity index (χ1v) is 13.3. The second-order valence-electron chi connectivity index (χ2n) is 10.2. The lowest BCUT2D eigenvalue weighted by Crippen LogP contribution is -2.22. The van der Waals surface area contributed by atoms with E-state index in [-0.39, 0.29) is 5.92 Å². The molecule has 5 aromatic rings. The summed E-state index contributed by atoms with van der Waals surface area (Å²) in [5.41, 5.74) is 12.1. The molecule has 38 heavy (non-hydrogen) atoms. The summed E-state index contributed by atoms with van der Waals surface area (Å²) in [5.74, 6) is 0.274. The van der Waals surface area contributed by atoms with Crippen LogP contribution in [-0.2, 0) is 12.8 Å². The highest BCUT2D eigenvalue weighted by Gasteiger charge is 2.28. The summed E-state index contributed by atoms with van der Waals surface area (Å²) in [7, 11) is 4.16. The average molecular weight is 501 g/mol. The van der Waals surface area contributed by atoms with E-state index in [9.17, 15) is 0 Å². The Kier molecular flexibility index (Phi) is 6.24. The van der Waals surface area contributed by atoms with Crippen molar-refractivity contribution in [1.29, 1.82) is 0 Å². The maximum atomic E-state index is 5.23. The largest absolute Gasteiger partial charge is 0.378 e. The van der Waals surface area contributed by atoms with Crippen molar-refractivity contribution >= 4 is 28.1 Å². The molecule has 0 aliphatic carbocycles. The number of aryl methyl sites for hydroxylation is 1. The predicted octanol–water partition coefficient (Wildman–Crippen LogP) is 7.02. The van der Waals surface area contributed by atoms with Gasteiger partial charge in [-0.1, -0.05) is 38.1 Å².